The van der Waals surface area contributed by atoms with Crippen LogP contribution in [0.4, 0.5) is 4.32 Å². The average Bonchev–Trinajstić information content (AvgIpc) is 2.82. The molecular weight excluding hydrogens is 318 g/mol. The molecule has 0 fully saturated rings. The Balaban J connectivity index is 0.000000338. The molecule has 5 nitrogen and oxygen atoms in total. The van der Waals surface area contributed by atoms with Crippen LogP contribution in [-0.2, 0) is 10.1 Å². The minimum atomic E-state index is -3.67. The Morgan fingerprint density at radius 1 is 1.22 bits per heavy atom. The second-order valence-electron chi connectivity index (χ2n) is 6.04. The van der Waals surface area contributed by atoms with Crippen molar-refractivity contribution in [2.24, 2.45) is 0 Å². The summed E-state index contributed by atoms with van der Waals surface area (Å²) in [5.74, 6) is 0. The summed E-state index contributed by atoms with van der Waals surface area (Å²) < 4.78 is 44.3. The van der Waals surface area contributed by atoms with E-state index in [1.807, 2.05) is 13.8 Å². The molecule has 1 aromatic heterocycles. The first-order chi connectivity index (χ1) is 10.4. The Morgan fingerprint density at radius 2 is 1.74 bits per heavy atom. The van der Waals surface area contributed by atoms with Gasteiger partial charge in [0.05, 0.1) is 6.26 Å². The van der Waals surface area contributed by atoms with Gasteiger partial charge in [0, 0.05) is 35.5 Å². The summed E-state index contributed by atoms with van der Waals surface area (Å²) in [5, 5.41) is 0. The molecule has 124 valence electrons. The number of halogens is 1. The second kappa shape index (κ2) is 5.76. The quantitative estimate of drug-likeness (QED) is 0.584. The van der Waals surface area contributed by atoms with Gasteiger partial charge in [0.1, 0.15) is 0 Å². The summed E-state index contributed by atoms with van der Waals surface area (Å²) in [6.45, 7) is 10.1. The van der Waals surface area contributed by atoms with E-state index in [-0.39, 0.29) is 0 Å². The standard InChI is InChI=1S/C14H17BFN2.CH4O3S/c1-8-6-10(3)17-13(8)12(5)14-9(2)7-11(4)18(14)15(17)16;1-5(2,3)4/h6-7H,1-5H3;1H3,(H,2,3,4)/q+1;. The minimum Gasteiger partial charge on any atom is -0.290 e. The van der Waals surface area contributed by atoms with Gasteiger partial charge in [-0.25, -0.2) is 8.80 Å². The third-order valence-corrected chi connectivity index (χ3v) is 3.98. The molecule has 0 radical (unpaired) electrons. The van der Waals surface area contributed by atoms with Gasteiger partial charge in [-0.2, -0.15) is 8.42 Å². The van der Waals surface area contributed by atoms with Gasteiger partial charge in [0.15, 0.2) is 11.4 Å². The van der Waals surface area contributed by atoms with Crippen molar-refractivity contribution < 1.29 is 21.8 Å². The van der Waals surface area contributed by atoms with E-state index < -0.39 is 17.4 Å². The van der Waals surface area contributed by atoms with Crippen LogP contribution in [0.25, 0.3) is 5.57 Å². The largest absolute Gasteiger partial charge is 0.846 e. The average molecular weight is 339 g/mol. The van der Waals surface area contributed by atoms with Gasteiger partial charge in [0.25, 0.3) is 10.1 Å². The van der Waals surface area contributed by atoms with Gasteiger partial charge in [-0.15, -0.1) is 0 Å². The zero-order valence-corrected chi connectivity index (χ0v) is 15.0. The van der Waals surface area contributed by atoms with Gasteiger partial charge in [-0.05, 0) is 39.3 Å². The third-order valence-electron chi connectivity index (χ3n) is 3.98. The van der Waals surface area contributed by atoms with E-state index in [2.05, 4.69) is 32.9 Å². The molecule has 2 aliphatic heterocycles. The molecule has 8 heteroatoms. The fourth-order valence-corrected chi connectivity index (χ4v) is 3.36. The number of aryl methyl sites for hydroxylation is 2. The van der Waals surface area contributed by atoms with E-state index >= 15 is 0 Å². The first-order valence-corrected chi connectivity index (χ1v) is 9.06. The lowest BCUT2D eigenvalue weighted by molar-refractivity contribution is -0.337. The normalized spacial score (nSPS) is 16.9. The van der Waals surface area contributed by atoms with Gasteiger partial charge >= 0.3 is 7.26 Å². The number of hydrogen-bond donors (Lipinski definition) is 1. The van der Waals surface area contributed by atoms with E-state index in [1.165, 1.54) is 5.57 Å². The van der Waals surface area contributed by atoms with Crippen molar-refractivity contribution in [3.8, 4) is 0 Å². The number of allylic oxidation sites excluding steroid dienone is 3. The number of rotatable bonds is 0. The highest BCUT2D eigenvalue weighted by molar-refractivity contribution is 7.85. The van der Waals surface area contributed by atoms with Crippen LogP contribution in [0.3, 0.4) is 0 Å². The lowest BCUT2D eigenvalue weighted by Gasteiger charge is -2.19. The van der Waals surface area contributed by atoms with Crippen LogP contribution in [0.5, 0.6) is 0 Å². The van der Waals surface area contributed by atoms with Gasteiger partial charge in [-0.1, -0.05) is 0 Å². The highest BCUT2D eigenvalue weighted by Gasteiger charge is 2.50. The first-order valence-electron chi connectivity index (χ1n) is 7.21. The zero-order valence-electron chi connectivity index (χ0n) is 14.2. The summed E-state index contributed by atoms with van der Waals surface area (Å²) >= 11 is 0. The lowest BCUT2D eigenvalue weighted by Crippen LogP contribution is -2.40. The molecule has 0 atom stereocenters. The monoisotopic (exact) mass is 339 g/mol. The maximum absolute atomic E-state index is 14.8. The Bertz CT molecular complexity index is 871. The summed E-state index contributed by atoms with van der Waals surface area (Å²) in [4.78, 5) is 0. The van der Waals surface area contributed by atoms with Crippen molar-refractivity contribution in [3.63, 3.8) is 0 Å². The molecule has 1 N–H and O–H groups in total. The molecule has 0 bridgehead atoms. The molecule has 0 aliphatic carbocycles. The molecule has 0 unspecified atom stereocenters. The predicted molar refractivity (Wildman–Crippen MR) is 90.9 cm³/mol. The summed E-state index contributed by atoms with van der Waals surface area (Å²) in [5.41, 5.74) is 7.49. The highest BCUT2D eigenvalue weighted by atomic mass is 32.2. The number of fused-ring (bicyclic) bond motifs is 2. The number of nitrogens with zero attached hydrogens (tertiary/aromatic N) is 2. The van der Waals surface area contributed by atoms with Crippen molar-refractivity contribution in [2.45, 2.75) is 34.6 Å². The zero-order chi connectivity index (χ0) is 17.7. The van der Waals surface area contributed by atoms with Gasteiger partial charge in [-0.3, -0.25) is 9.03 Å². The highest BCUT2D eigenvalue weighted by Crippen LogP contribution is 2.36. The number of aromatic nitrogens is 1. The van der Waals surface area contributed by atoms with Crippen molar-refractivity contribution >= 4 is 28.7 Å². The third kappa shape index (κ3) is 3.18. The molecule has 2 aliphatic rings. The summed E-state index contributed by atoms with van der Waals surface area (Å²) in [7, 11) is -4.79. The Kier molecular flexibility index (Phi) is 4.43. The molecule has 3 rings (SSSR count). The van der Waals surface area contributed by atoms with Crippen LogP contribution in [-0.4, -0.2) is 41.2 Å². The Labute approximate surface area is 136 Å². The molecular formula is C15H21BFN2O3S+. The molecule has 0 aromatic carbocycles. The predicted octanol–water partition coefficient (Wildman–Crippen LogP) is 2.59. The molecule has 23 heavy (non-hydrogen) atoms. The maximum Gasteiger partial charge on any atom is 0.846 e. The van der Waals surface area contributed by atoms with Crippen molar-refractivity contribution in [3.05, 3.63) is 40.4 Å². The molecule has 0 spiro atoms. The van der Waals surface area contributed by atoms with Crippen LogP contribution < -0.4 is 0 Å². The second-order valence-corrected chi connectivity index (χ2v) is 7.51. The molecule has 0 saturated heterocycles. The fourth-order valence-electron chi connectivity index (χ4n) is 3.36. The molecule has 0 saturated carbocycles. The van der Waals surface area contributed by atoms with E-state index in [1.54, 1.807) is 8.96 Å². The van der Waals surface area contributed by atoms with E-state index in [0.717, 1.165) is 33.9 Å². The number of hydrogen-bond acceptors (Lipinski definition) is 2. The molecule has 3 heterocycles. The Hall–Kier alpha value is -1.67. The lowest BCUT2D eigenvalue weighted by atomic mass is 9.91. The van der Waals surface area contributed by atoms with Crippen LogP contribution in [0.15, 0.2) is 23.4 Å². The SMILES string of the molecule is CC1=CC(C)=[N+]2B(F)n3c(C)cc(C)c3C(C)=C12.CS(=O)(=O)O. The van der Waals surface area contributed by atoms with E-state index in [0.29, 0.717) is 6.26 Å². The van der Waals surface area contributed by atoms with E-state index in [4.69, 9.17) is 4.55 Å². The van der Waals surface area contributed by atoms with Crippen LogP contribution >= 0.6 is 0 Å². The first kappa shape index (κ1) is 17.7. The van der Waals surface area contributed by atoms with Crippen LogP contribution in [0.2, 0.25) is 0 Å². The maximum atomic E-state index is 14.8. The van der Waals surface area contributed by atoms with Crippen molar-refractivity contribution in [2.75, 3.05) is 6.26 Å². The molecule has 0 amide bonds. The van der Waals surface area contributed by atoms with Crippen LogP contribution in [0, 0.1) is 13.8 Å². The summed E-state index contributed by atoms with van der Waals surface area (Å²) in [6, 6.07) is 2.06. The van der Waals surface area contributed by atoms with Gasteiger partial charge in [0.2, 0.25) is 0 Å². The fraction of sp³-hybridized carbons (Fsp3) is 0.400. The molecule has 1 aromatic rings. The van der Waals surface area contributed by atoms with Gasteiger partial charge < -0.3 is 0 Å². The minimum absolute atomic E-state index is 0.715. The smallest absolute Gasteiger partial charge is 0.290 e. The Morgan fingerprint density at radius 3 is 2.26 bits per heavy atom. The van der Waals surface area contributed by atoms with Crippen molar-refractivity contribution in [1.82, 2.24) is 4.48 Å². The topological polar surface area (TPSA) is 62.3 Å². The van der Waals surface area contributed by atoms with Crippen LogP contribution in [0.1, 0.15) is 37.7 Å². The van der Waals surface area contributed by atoms with Crippen molar-refractivity contribution in [1.29, 1.82) is 0 Å². The van der Waals surface area contributed by atoms with E-state index in [9.17, 15) is 12.7 Å². The summed E-state index contributed by atoms with van der Waals surface area (Å²) in [6.07, 6.45) is 2.77.